The molecule has 0 aliphatic carbocycles. The fourth-order valence-electron chi connectivity index (χ4n) is 2.11. The van der Waals surface area contributed by atoms with Crippen LogP contribution in [0, 0.1) is 11.8 Å². The molecule has 1 aromatic carbocycles. The van der Waals surface area contributed by atoms with Crippen molar-refractivity contribution in [2.75, 3.05) is 6.54 Å². The molecule has 0 heterocycles. The molecule has 2 unspecified atom stereocenters. The summed E-state index contributed by atoms with van der Waals surface area (Å²) < 4.78 is 0. The summed E-state index contributed by atoms with van der Waals surface area (Å²) in [4.78, 5) is 0. The third kappa shape index (κ3) is 4.14. The first-order chi connectivity index (χ1) is 8.08. The highest BCUT2D eigenvalue weighted by Crippen LogP contribution is 2.24. The van der Waals surface area contributed by atoms with Crippen molar-refractivity contribution in [3.8, 4) is 0 Å². The molecule has 2 nitrogen and oxygen atoms in total. The highest BCUT2D eigenvalue weighted by molar-refractivity contribution is 5.25. The standard InChI is InChI=1S/C15H25NO/c1-4-13(10-16)15(17)14-7-5-12(6-8-14)9-11(2)3/h5-8,11,13,15,17H,4,9-10,16H2,1-3H3. The number of aliphatic hydroxyl groups is 1. The Kier molecular flexibility index (Phi) is 5.66. The first-order valence-electron chi connectivity index (χ1n) is 6.55. The maximum atomic E-state index is 10.2. The van der Waals surface area contributed by atoms with Gasteiger partial charge in [-0.2, -0.15) is 0 Å². The minimum atomic E-state index is -0.432. The molecule has 1 rings (SSSR count). The van der Waals surface area contributed by atoms with Crippen molar-refractivity contribution >= 4 is 0 Å². The molecule has 2 heteroatoms. The van der Waals surface area contributed by atoms with Crippen LogP contribution in [-0.4, -0.2) is 11.7 Å². The molecule has 96 valence electrons. The number of nitrogens with two attached hydrogens (primary N) is 1. The van der Waals surface area contributed by atoms with Gasteiger partial charge in [-0.1, -0.05) is 45.0 Å². The average Bonchev–Trinajstić information content (AvgIpc) is 2.30. The van der Waals surface area contributed by atoms with Gasteiger partial charge in [-0.15, -0.1) is 0 Å². The Balaban J connectivity index is 2.72. The van der Waals surface area contributed by atoms with E-state index in [1.54, 1.807) is 0 Å². The predicted octanol–water partition coefficient (Wildman–Crippen LogP) is 2.90. The maximum absolute atomic E-state index is 10.2. The van der Waals surface area contributed by atoms with Crippen LogP contribution < -0.4 is 5.73 Å². The molecule has 0 radical (unpaired) electrons. The third-order valence-electron chi connectivity index (χ3n) is 3.24. The predicted molar refractivity (Wildman–Crippen MR) is 72.8 cm³/mol. The summed E-state index contributed by atoms with van der Waals surface area (Å²) in [5, 5.41) is 10.2. The van der Waals surface area contributed by atoms with Crippen LogP contribution in [-0.2, 0) is 6.42 Å². The van der Waals surface area contributed by atoms with Gasteiger partial charge in [0.05, 0.1) is 6.10 Å². The van der Waals surface area contributed by atoms with Crippen molar-refractivity contribution in [1.82, 2.24) is 0 Å². The van der Waals surface area contributed by atoms with Crippen molar-refractivity contribution in [2.45, 2.75) is 39.7 Å². The van der Waals surface area contributed by atoms with Crippen LogP contribution in [0.5, 0.6) is 0 Å². The topological polar surface area (TPSA) is 46.2 Å². The Morgan fingerprint density at radius 2 is 1.76 bits per heavy atom. The second kappa shape index (κ2) is 6.77. The summed E-state index contributed by atoms with van der Waals surface area (Å²) in [5.74, 6) is 0.823. The van der Waals surface area contributed by atoms with Crippen LogP contribution in [0.15, 0.2) is 24.3 Å². The van der Waals surface area contributed by atoms with Crippen molar-refractivity contribution < 1.29 is 5.11 Å². The Hall–Kier alpha value is -0.860. The highest BCUT2D eigenvalue weighted by atomic mass is 16.3. The van der Waals surface area contributed by atoms with Gasteiger partial charge in [-0.05, 0) is 36.4 Å². The van der Waals surface area contributed by atoms with Crippen molar-refractivity contribution in [3.63, 3.8) is 0 Å². The molecule has 1 aromatic rings. The van der Waals surface area contributed by atoms with Crippen LogP contribution in [0.3, 0.4) is 0 Å². The lowest BCUT2D eigenvalue weighted by molar-refractivity contribution is 0.110. The Bertz CT molecular complexity index is 314. The van der Waals surface area contributed by atoms with E-state index in [-0.39, 0.29) is 5.92 Å². The highest BCUT2D eigenvalue weighted by Gasteiger charge is 2.17. The van der Waals surface area contributed by atoms with Crippen LogP contribution in [0.1, 0.15) is 44.4 Å². The summed E-state index contributed by atoms with van der Waals surface area (Å²) in [5.41, 5.74) is 7.97. The van der Waals surface area contributed by atoms with Crippen LogP contribution in [0.25, 0.3) is 0 Å². The fourth-order valence-corrected chi connectivity index (χ4v) is 2.11. The van der Waals surface area contributed by atoms with E-state index in [1.165, 1.54) is 5.56 Å². The Morgan fingerprint density at radius 3 is 2.18 bits per heavy atom. The zero-order valence-corrected chi connectivity index (χ0v) is 11.2. The first-order valence-corrected chi connectivity index (χ1v) is 6.55. The molecule has 2 atom stereocenters. The van der Waals surface area contributed by atoms with Crippen molar-refractivity contribution in [3.05, 3.63) is 35.4 Å². The molecule has 17 heavy (non-hydrogen) atoms. The SMILES string of the molecule is CCC(CN)C(O)c1ccc(CC(C)C)cc1. The molecule has 3 N–H and O–H groups in total. The normalized spacial score (nSPS) is 14.9. The number of hydrogen-bond acceptors (Lipinski definition) is 2. The Labute approximate surface area is 105 Å². The summed E-state index contributed by atoms with van der Waals surface area (Å²) in [6, 6.07) is 8.28. The van der Waals surface area contributed by atoms with Crippen LogP contribution in [0.2, 0.25) is 0 Å². The fraction of sp³-hybridized carbons (Fsp3) is 0.600. The molecule has 0 amide bonds. The van der Waals surface area contributed by atoms with E-state index in [9.17, 15) is 5.11 Å². The minimum absolute atomic E-state index is 0.158. The maximum Gasteiger partial charge on any atom is 0.0830 e. The number of hydrogen-bond donors (Lipinski definition) is 2. The van der Waals surface area contributed by atoms with Gasteiger partial charge < -0.3 is 10.8 Å². The van der Waals surface area contributed by atoms with Gasteiger partial charge in [0.2, 0.25) is 0 Å². The van der Waals surface area contributed by atoms with Gasteiger partial charge in [0.25, 0.3) is 0 Å². The van der Waals surface area contributed by atoms with E-state index in [1.807, 2.05) is 12.1 Å². The summed E-state index contributed by atoms with van der Waals surface area (Å²) in [6.07, 6.45) is 1.56. The number of benzene rings is 1. The minimum Gasteiger partial charge on any atom is -0.388 e. The Morgan fingerprint density at radius 1 is 1.18 bits per heavy atom. The monoisotopic (exact) mass is 235 g/mol. The number of rotatable bonds is 6. The van der Waals surface area contributed by atoms with E-state index in [0.29, 0.717) is 12.5 Å². The van der Waals surface area contributed by atoms with Gasteiger partial charge >= 0.3 is 0 Å². The van der Waals surface area contributed by atoms with Gasteiger partial charge in [0, 0.05) is 5.92 Å². The molecule has 0 aliphatic rings. The van der Waals surface area contributed by atoms with Gasteiger partial charge in [-0.3, -0.25) is 0 Å². The summed E-state index contributed by atoms with van der Waals surface area (Å²) in [7, 11) is 0. The van der Waals surface area contributed by atoms with Gasteiger partial charge in [0.15, 0.2) is 0 Å². The van der Waals surface area contributed by atoms with E-state index in [2.05, 4.69) is 32.9 Å². The van der Waals surface area contributed by atoms with Crippen LogP contribution in [0.4, 0.5) is 0 Å². The third-order valence-corrected chi connectivity index (χ3v) is 3.24. The molecule has 0 spiro atoms. The molecule has 0 saturated heterocycles. The average molecular weight is 235 g/mol. The molecule has 0 aliphatic heterocycles. The quantitative estimate of drug-likeness (QED) is 0.796. The van der Waals surface area contributed by atoms with E-state index in [0.717, 1.165) is 18.4 Å². The van der Waals surface area contributed by atoms with Gasteiger partial charge in [-0.25, -0.2) is 0 Å². The van der Waals surface area contributed by atoms with Crippen molar-refractivity contribution in [2.24, 2.45) is 17.6 Å². The molecule has 0 aromatic heterocycles. The lowest BCUT2D eigenvalue weighted by Crippen LogP contribution is -2.21. The lowest BCUT2D eigenvalue weighted by atomic mass is 9.92. The summed E-state index contributed by atoms with van der Waals surface area (Å²) >= 11 is 0. The van der Waals surface area contributed by atoms with Crippen molar-refractivity contribution in [1.29, 1.82) is 0 Å². The summed E-state index contributed by atoms with van der Waals surface area (Å²) in [6.45, 7) is 7.02. The molecular weight excluding hydrogens is 210 g/mol. The molecule has 0 fully saturated rings. The number of aliphatic hydroxyl groups excluding tert-OH is 1. The lowest BCUT2D eigenvalue weighted by Gasteiger charge is -2.20. The molecular formula is C15H25NO. The second-order valence-electron chi connectivity index (χ2n) is 5.19. The largest absolute Gasteiger partial charge is 0.388 e. The zero-order chi connectivity index (χ0) is 12.8. The van der Waals surface area contributed by atoms with Gasteiger partial charge in [0.1, 0.15) is 0 Å². The van der Waals surface area contributed by atoms with E-state index in [4.69, 9.17) is 5.73 Å². The molecule has 0 saturated carbocycles. The second-order valence-corrected chi connectivity index (χ2v) is 5.19. The van der Waals surface area contributed by atoms with E-state index >= 15 is 0 Å². The smallest absolute Gasteiger partial charge is 0.0830 e. The van der Waals surface area contributed by atoms with Crippen LogP contribution >= 0.6 is 0 Å². The molecule has 0 bridgehead atoms. The first kappa shape index (κ1) is 14.2. The zero-order valence-electron chi connectivity index (χ0n) is 11.2. The van der Waals surface area contributed by atoms with E-state index < -0.39 is 6.10 Å².